The number of rotatable bonds is 4. The Morgan fingerprint density at radius 2 is 2.00 bits per heavy atom. The first-order valence-electron chi connectivity index (χ1n) is 6.97. The van der Waals surface area contributed by atoms with E-state index in [-0.39, 0.29) is 5.91 Å². The Kier molecular flexibility index (Phi) is 5.12. The fourth-order valence-corrected chi connectivity index (χ4v) is 2.72. The average molecular weight is 298 g/mol. The molecule has 1 saturated heterocycles. The number of likely N-dealkylation sites (tertiary alicyclic amines) is 1. The molecule has 0 N–H and O–H groups in total. The number of nitrogens with zero attached hydrogens (tertiary/aromatic N) is 1. The smallest absolute Gasteiger partial charge is 0.254 e. The maximum absolute atomic E-state index is 12.5. The second-order valence-electron chi connectivity index (χ2n) is 4.78. The Morgan fingerprint density at radius 3 is 2.60 bits per heavy atom. The third kappa shape index (κ3) is 3.18. The SMILES string of the molecule is CCOc1cc(C(=O)N2CCCCC2)cc(Cl)c1OC. The van der Waals surface area contributed by atoms with Gasteiger partial charge in [-0.05, 0) is 38.3 Å². The van der Waals surface area contributed by atoms with Crippen molar-refractivity contribution in [3.63, 3.8) is 0 Å². The van der Waals surface area contributed by atoms with E-state index in [9.17, 15) is 4.79 Å². The van der Waals surface area contributed by atoms with Gasteiger partial charge in [0.2, 0.25) is 0 Å². The van der Waals surface area contributed by atoms with Crippen LogP contribution in [0.5, 0.6) is 11.5 Å². The molecule has 1 amide bonds. The summed E-state index contributed by atoms with van der Waals surface area (Å²) in [5, 5.41) is 0.402. The van der Waals surface area contributed by atoms with Gasteiger partial charge in [-0.15, -0.1) is 0 Å². The molecule has 0 aromatic heterocycles. The fourth-order valence-electron chi connectivity index (χ4n) is 2.43. The van der Waals surface area contributed by atoms with Crippen molar-refractivity contribution in [3.05, 3.63) is 22.7 Å². The third-order valence-electron chi connectivity index (χ3n) is 3.40. The molecule has 5 heteroatoms. The number of carbonyl (C=O) groups excluding carboxylic acids is 1. The van der Waals surface area contributed by atoms with Crippen molar-refractivity contribution in [1.82, 2.24) is 4.90 Å². The van der Waals surface area contributed by atoms with Gasteiger partial charge in [0.25, 0.3) is 5.91 Å². The predicted octanol–water partition coefficient (Wildman–Crippen LogP) is 3.37. The Labute approximate surface area is 124 Å². The Bertz CT molecular complexity index is 484. The van der Waals surface area contributed by atoms with E-state index in [0.717, 1.165) is 25.9 Å². The van der Waals surface area contributed by atoms with Gasteiger partial charge in [-0.2, -0.15) is 0 Å². The molecule has 4 nitrogen and oxygen atoms in total. The number of hydrogen-bond donors (Lipinski definition) is 0. The highest BCUT2D eigenvalue weighted by atomic mass is 35.5. The molecule has 20 heavy (non-hydrogen) atoms. The summed E-state index contributed by atoms with van der Waals surface area (Å²) in [4.78, 5) is 14.4. The summed E-state index contributed by atoms with van der Waals surface area (Å²) in [7, 11) is 1.54. The zero-order valence-corrected chi connectivity index (χ0v) is 12.7. The van der Waals surface area contributed by atoms with Crippen molar-refractivity contribution in [1.29, 1.82) is 0 Å². The van der Waals surface area contributed by atoms with E-state index >= 15 is 0 Å². The van der Waals surface area contributed by atoms with Gasteiger partial charge in [-0.1, -0.05) is 11.6 Å². The molecule has 0 unspecified atom stereocenters. The maximum Gasteiger partial charge on any atom is 0.254 e. The number of piperidine rings is 1. The van der Waals surface area contributed by atoms with E-state index in [2.05, 4.69) is 0 Å². The van der Waals surface area contributed by atoms with Crippen molar-refractivity contribution in [2.24, 2.45) is 0 Å². The molecule has 2 rings (SSSR count). The minimum Gasteiger partial charge on any atom is -0.491 e. The number of halogens is 1. The molecule has 0 bridgehead atoms. The monoisotopic (exact) mass is 297 g/mol. The van der Waals surface area contributed by atoms with Gasteiger partial charge in [0.1, 0.15) is 0 Å². The molecule has 0 atom stereocenters. The van der Waals surface area contributed by atoms with Crippen molar-refractivity contribution >= 4 is 17.5 Å². The number of carbonyl (C=O) groups is 1. The van der Waals surface area contributed by atoms with Gasteiger partial charge < -0.3 is 14.4 Å². The standard InChI is InChI=1S/C15H20ClNO3/c1-3-20-13-10-11(9-12(16)14(13)19-2)15(18)17-7-5-4-6-8-17/h9-10H,3-8H2,1-2H3. The number of methoxy groups -OCH3 is 1. The lowest BCUT2D eigenvalue weighted by molar-refractivity contribution is 0.0724. The highest BCUT2D eigenvalue weighted by Crippen LogP contribution is 2.36. The second-order valence-corrected chi connectivity index (χ2v) is 5.18. The lowest BCUT2D eigenvalue weighted by atomic mass is 10.1. The normalized spacial score (nSPS) is 15.1. The van der Waals surface area contributed by atoms with E-state index in [1.165, 1.54) is 13.5 Å². The van der Waals surface area contributed by atoms with Crippen molar-refractivity contribution < 1.29 is 14.3 Å². The van der Waals surface area contributed by atoms with Crippen LogP contribution in [0.1, 0.15) is 36.5 Å². The van der Waals surface area contributed by atoms with Crippen molar-refractivity contribution in [2.45, 2.75) is 26.2 Å². The van der Waals surface area contributed by atoms with E-state index < -0.39 is 0 Å². The molecule has 0 spiro atoms. The predicted molar refractivity (Wildman–Crippen MR) is 78.9 cm³/mol. The van der Waals surface area contributed by atoms with Crippen molar-refractivity contribution in [3.8, 4) is 11.5 Å². The molecule has 110 valence electrons. The van der Waals surface area contributed by atoms with Crippen LogP contribution in [0.15, 0.2) is 12.1 Å². The summed E-state index contributed by atoms with van der Waals surface area (Å²) in [6, 6.07) is 3.37. The molecular weight excluding hydrogens is 278 g/mol. The van der Waals surface area contributed by atoms with Crippen molar-refractivity contribution in [2.75, 3.05) is 26.8 Å². The molecule has 1 heterocycles. The first-order valence-corrected chi connectivity index (χ1v) is 7.34. The number of benzene rings is 1. The largest absolute Gasteiger partial charge is 0.491 e. The lowest BCUT2D eigenvalue weighted by Crippen LogP contribution is -2.35. The highest BCUT2D eigenvalue weighted by Gasteiger charge is 2.21. The first-order chi connectivity index (χ1) is 9.67. The Hall–Kier alpha value is -1.42. The molecule has 0 saturated carbocycles. The number of amides is 1. The van der Waals surface area contributed by atoms with Gasteiger partial charge in [-0.25, -0.2) is 0 Å². The topological polar surface area (TPSA) is 38.8 Å². The van der Waals surface area contributed by atoms with E-state index in [1.807, 2.05) is 11.8 Å². The summed E-state index contributed by atoms with van der Waals surface area (Å²) in [6.45, 7) is 4.00. The van der Waals surface area contributed by atoms with Gasteiger partial charge >= 0.3 is 0 Å². The molecule has 1 fully saturated rings. The minimum absolute atomic E-state index is 0.00945. The van der Waals surface area contributed by atoms with E-state index in [4.69, 9.17) is 21.1 Å². The highest BCUT2D eigenvalue weighted by molar-refractivity contribution is 6.32. The van der Waals surface area contributed by atoms with E-state index in [1.54, 1.807) is 12.1 Å². The van der Waals surface area contributed by atoms with Crippen LogP contribution in [0.25, 0.3) is 0 Å². The summed E-state index contributed by atoms with van der Waals surface area (Å²) in [5.74, 6) is 1.00. The summed E-state index contributed by atoms with van der Waals surface area (Å²) in [6.07, 6.45) is 3.32. The number of ether oxygens (including phenoxy) is 2. The molecule has 1 aromatic rings. The van der Waals surface area contributed by atoms with Crippen LogP contribution in [0.4, 0.5) is 0 Å². The van der Waals surface area contributed by atoms with Gasteiger partial charge in [-0.3, -0.25) is 4.79 Å². The molecule has 1 aliphatic rings. The molecule has 1 aliphatic heterocycles. The summed E-state index contributed by atoms with van der Waals surface area (Å²) >= 11 is 6.18. The lowest BCUT2D eigenvalue weighted by Gasteiger charge is -2.27. The van der Waals surface area contributed by atoms with Crippen LogP contribution in [0.2, 0.25) is 5.02 Å². The van der Waals surface area contributed by atoms with Crippen LogP contribution in [-0.4, -0.2) is 37.6 Å². The zero-order chi connectivity index (χ0) is 14.5. The second kappa shape index (κ2) is 6.84. The molecule has 0 radical (unpaired) electrons. The Balaban J connectivity index is 2.29. The van der Waals surface area contributed by atoms with Crippen LogP contribution < -0.4 is 9.47 Å². The molecule has 0 aliphatic carbocycles. The van der Waals surface area contributed by atoms with Gasteiger partial charge in [0, 0.05) is 18.7 Å². The average Bonchev–Trinajstić information content (AvgIpc) is 2.47. The molecular formula is C15H20ClNO3. The minimum atomic E-state index is 0.00945. The van der Waals surface area contributed by atoms with Crippen LogP contribution in [0, 0.1) is 0 Å². The Morgan fingerprint density at radius 1 is 1.30 bits per heavy atom. The summed E-state index contributed by atoms with van der Waals surface area (Å²) < 4.78 is 10.7. The van der Waals surface area contributed by atoms with Crippen LogP contribution in [0.3, 0.4) is 0 Å². The van der Waals surface area contributed by atoms with Crippen LogP contribution >= 0.6 is 11.6 Å². The molecule has 1 aromatic carbocycles. The third-order valence-corrected chi connectivity index (χ3v) is 3.68. The quantitative estimate of drug-likeness (QED) is 0.855. The fraction of sp³-hybridized carbons (Fsp3) is 0.533. The van der Waals surface area contributed by atoms with Gasteiger partial charge in [0.15, 0.2) is 11.5 Å². The van der Waals surface area contributed by atoms with Gasteiger partial charge in [0.05, 0.1) is 18.7 Å². The maximum atomic E-state index is 12.5. The van der Waals surface area contributed by atoms with Crippen LogP contribution in [-0.2, 0) is 0 Å². The first kappa shape index (κ1) is 15.0. The summed E-state index contributed by atoms with van der Waals surface area (Å²) in [5.41, 5.74) is 0.557. The van der Waals surface area contributed by atoms with E-state index in [0.29, 0.717) is 28.7 Å². The zero-order valence-electron chi connectivity index (χ0n) is 11.9. The number of hydrogen-bond acceptors (Lipinski definition) is 3.